The van der Waals surface area contributed by atoms with Crippen molar-refractivity contribution in [1.29, 1.82) is 0 Å². The number of halogens is 1. The lowest BCUT2D eigenvalue weighted by molar-refractivity contribution is -0.139. The van der Waals surface area contributed by atoms with Crippen LogP contribution in [0.2, 0.25) is 5.02 Å². The van der Waals surface area contributed by atoms with Gasteiger partial charge in [-0.05, 0) is 96.9 Å². The lowest BCUT2D eigenvalue weighted by Crippen LogP contribution is -2.61. The third kappa shape index (κ3) is 7.40. The molecule has 1 aromatic heterocycles. The second-order valence-electron chi connectivity index (χ2n) is 11.9. The molecular weight excluding hydrogens is 620 g/mol. The molecule has 3 heterocycles. The third-order valence-corrected chi connectivity index (χ3v) is 9.15. The molecule has 3 atom stereocenters. The molecule has 3 aromatic carbocycles. The van der Waals surface area contributed by atoms with Crippen LogP contribution in [0.15, 0.2) is 85.2 Å². The van der Waals surface area contributed by atoms with Crippen LogP contribution in [0.5, 0.6) is 0 Å². The molecule has 47 heavy (non-hydrogen) atoms. The summed E-state index contributed by atoms with van der Waals surface area (Å²) in [5, 5.41) is 24.2. The van der Waals surface area contributed by atoms with Gasteiger partial charge >= 0.3 is 5.97 Å². The Balaban J connectivity index is 1.36. The van der Waals surface area contributed by atoms with Gasteiger partial charge in [0.05, 0.1) is 11.3 Å². The van der Waals surface area contributed by atoms with Gasteiger partial charge in [0, 0.05) is 46.9 Å². The number of benzene rings is 3. The minimum atomic E-state index is -1.06. The van der Waals surface area contributed by atoms with Crippen molar-refractivity contribution in [2.45, 2.75) is 43.3 Å². The van der Waals surface area contributed by atoms with Crippen molar-refractivity contribution in [3.8, 4) is 5.69 Å². The van der Waals surface area contributed by atoms with Crippen LogP contribution < -0.4 is 11.1 Å². The fourth-order valence-corrected chi connectivity index (χ4v) is 6.66. The van der Waals surface area contributed by atoms with E-state index in [4.69, 9.17) is 17.3 Å². The van der Waals surface area contributed by atoms with Crippen molar-refractivity contribution in [3.05, 3.63) is 107 Å². The van der Waals surface area contributed by atoms with E-state index in [-0.39, 0.29) is 35.4 Å². The number of hydrogen-bond donors (Lipinski definition) is 3. The van der Waals surface area contributed by atoms with Crippen LogP contribution in [-0.4, -0.2) is 90.7 Å². The van der Waals surface area contributed by atoms with E-state index in [2.05, 4.69) is 25.7 Å². The number of hydrogen-bond acceptors (Lipinski definition) is 8. The Morgan fingerprint density at radius 3 is 2.43 bits per heavy atom. The number of nitrogens with one attached hydrogen (secondary N) is 1. The maximum Gasteiger partial charge on any atom is 0.335 e. The molecule has 0 spiro atoms. The molecule has 2 aliphatic heterocycles. The summed E-state index contributed by atoms with van der Waals surface area (Å²) >= 11 is 6.32. The van der Waals surface area contributed by atoms with Crippen molar-refractivity contribution in [2.24, 2.45) is 5.73 Å². The Labute approximate surface area is 276 Å². The fraction of sp³-hybridized carbons (Fsp3) is 0.294. The molecule has 12 nitrogen and oxygen atoms in total. The molecule has 0 aliphatic carbocycles. The number of carboxylic acids is 1. The molecule has 0 radical (unpaired) electrons. The zero-order chi connectivity index (χ0) is 32.9. The number of rotatable bonds is 8. The zero-order valence-electron chi connectivity index (χ0n) is 25.5. The van der Waals surface area contributed by atoms with Crippen LogP contribution >= 0.6 is 11.6 Å². The third-order valence-electron chi connectivity index (χ3n) is 8.91. The maximum absolute atomic E-state index is 14.3. The molecular formula is C34H35ClN8O4. The minimum Gasteiger partial charge on any atom is -0.478 e. The maximum atomic E-state index is 14.3. The van der Waals surface area contributed by atoms with E-state index in [0.29, 0.717) is 34.9 Å². The largest absolute Gasteiger partial charge is 0.478 e. The summed E-state index contributed by atoms with van der Waals surface area (Å²) < 4.78 is 1.48. The molecule has 2 fully saturated rings. The van der Waals surface area contributed by atoms with E-state index in [1.54, 1.807) is 41.3 Å². The van der Waals surface area contributed by atoms with E-state index in [1.807, 2.05) is 30.3 Å². The predicted molar refractivity (Wildman–Crippen MR) is 177 cm³/mol. The number of amides is 2. The Kier molecular flexibility index (Phi) is 9.71. The van der Waals surface area contributed by atoms with E-state index in [9.17, 15) is 19.5 Å². The summed E-state index contributed by atoms with van der Waals surface area (Å²) in [5.74, 6) is -2.08. The van der Waals surface area contributed by atoms with Gasteiger partial charge in [-0.15, -0.1) is 5.10 Å². The summed E-state index contributed by atoms with van der Waals surface area (Å²) in [4.78, 5) is 43.9. The van der Waals surface area contributed by atoms with Gasteiger partial charge in [0.1, 0.15) is 12.4 Å². The second-order valence-corrected chi connectivity index (χ2v) is 12.3. The summed E-state index contributed by atoms with van der Waals surface area (Å²) in [7, 11) is 0. The fourth-order valence-electron chi connectivity index (χ4n) is 6.48. The summed E-state index contributed by atoms with van der Waals surface area (Å²) in [5.41, 5.74) is 8.97. The summed E-state index contributed by atoms with van der Waals surface area (Å²) in [6.45, 7) is 1.97. The van der Waals surface area contributed by atoms with Gasteiger partial charge in [-0.25, -0.2) is 4.79 Å². The molecule has 6 rings (SSSR count). The van der Waals surface area contributed by atoms with Gasteiger partial charge < -0.3 is 21.1 Å². The number of nitrogens with two attached hydrogens (primary N) is 1. The van der Waals surface area contributed by atoms with Gasteiger partial charge in [0.15, 0.2) is 0 Å². The molecule has 2 saturated heterocycles. The molecule has 2 amide bonds. The smallest absolute Gasteiger partial charge is 0.335 e. The van der Waals surface area contributed by atoms with Crippen molar-refractivity contribution < 1.29 is 19.5 Å². The average molecular weight is 655 g/mol. The highest BCUT2D eigenvalue weighted by molar-refractivity contribution is 6.30. The number of aromatic carboxylic acids is 1. The van der Waals surface area contributed by atoms with E-state index in [1.165, 1.54) is 29.2 Å². The van der Waals surface area contributed by atoms with Crippen LogP contribution in [0.3, 0.4) is 0 Å². The minimum absolute atomic E-state index is 0.00640. The van der Waals surface area contributed by atoms with Crippen molar-refractivity contribution in [3.63, 3.8) is 0 Å². The predicted octanol–water partition coefficient (Wildman–Crippen LogP) is 3.84. The molecule has 242 valence electrons. The standard InChI is InChI=1S/C34H35ClN8O4/c35-25-9-12-30(43-21-37-39-40-43)24(18-25)8-13-31(44)42-20-28(41-16-14-26(36)15-17-41)19-29(22-4-2-1-3-5-22)32(42)33(45)38-27-10-6-23(7-11-27)34(46)47/h1-13,18,21,26,28-29,32H,14-17,19-20,36H2,(H,38,45)(H,46,47)/b13-8+/t28-,29-,32?/m0/s1. The van der Waals surface area contributed by atoms with Crippen LogP contribution in [0.25, 0.3) is 11.8 Å². The highest BCUT2D eigenvalue weighted by Crippen LogP contribution is 2.37. The number of tetrazole rings is 1. The van der Waals surface area contributed by atoms with Crippen molar-refractivity contribution in [2.75, 3.05) is 25.0 Å². The number of carboxylic acid groups (broad SMARTS) is 1. The number of aromatic nitrogens is 4. The van der Waals surface area contributed by atoms with Gasteiger partial charge in [-0.2, -0.15) is 4.68 Å². The number of carbonyl (C=O) groups is 3. The lowest BCUT2D eigenvalue weighted by atomic mass is 9.80. The SMILES string of the molecule is NC1CCN([C@H]2C[C@@H](c3ccccc3)C(C(=O)Nc3ccc(C(=O)O)cc3)N(C(=O)/C=C/c3cc(Cl)ccc3-n3cnnn3)C2)CC1. The first-order chi connectivity index (χ1) is 22.8. The van der Waals surface area contributed by atoms with Crippen molar-refractivity contribution in [1.82, 2.24) is 30.0 Å². The molecule has 2 aliphatic rings. The van der Waals surface area contributed by atoms with E-state index >= 15 is 0 Å². The molecule has 4 N–H and O–H groups in total. The summed E-state index contributed by atoms with van der Waals surface area (Å²) in [6.07, 6.45) is 6.97. The molecule has 0 bridgehead atoms. The molecule has 1 unspecified atom stereocenters. The number of likely N-dealkylation sites (tertiary alicyclic amines) is 2. The quantitative estimate of drug-likeness (QED) is 0.240. The van der Waals surface area contributed by atoms with Crippen LogP contribution in [0.1, 0.15) is 46.7 Å². The monoisotopic (exact) mass is 654 g/mol. The van der Waals surface area contributed by atoms with Crippen LogP contribution in [0.4, 0.5) is 5.69 Å². The lowest BCUT2D eigenvalue weighted by Gasteiger charge is -2.48. The Hall–Kier alpha value is -4.91. The normalized spacial score (nSPS) is 20.7. The summed E-state index contributed by atoms with van der Waals surface area (Å²) in [6, 6.07) is 20.2. The average Bonchev–Trinajstić information content (AvgIpc) is 3.62. The highest BCUT2D eigenvalue weighted by atomic mass is 35.5. The molecule has 0 saturated carbocycles. The highest BCUT2D eigenvalue weighted by Gasteiger charge is 2.44. The van der Waals surface area contributed by atoms with Crippen LogP contribution in [-0.2, 0) is 9.59 Å². The number of piperidine rings is 2. The van der Waals surface area contributed by atoms with E-state index < -0.39 is 12.0 Å². The van der Waals surface area contributed by atoms with Crippen LogP contribution in [0, 0.1) is 0 Å². The number of carbonyl (C=O) groups excluding carboxylic acids is 2. The second kappa shape index (κ2) is 14.2. The number of nitrogens with zero attached hydrogens (tertiary/aromatic N) is 6. The van der Waals surface area contributed by atoms with Gasteiger partial charge in [0.25, 0.3) is 0 Å². The van der Waals surface area contributed by atoms with E-state index in [0.717, 1.165) is 31.5 Å². The molecule has 4 aromatic rings. The first kappa shape index (κ1) is 32.0. The van der Waals surface area contributed by atoms with Gasteiger partial charge in [-0.1, -0.05) is 41.9 Å². The Morgan fingerprint density at radius 2 is 1.74 bits per heavy atom. The molecule has 13 heteroatoms. The first-order valence-electron chi connectivity index (χ1n) is 15.5. The topological polar surface area (TPSA) is 160 Å². The zero-order valence-corrected chi connectivity index (χ0v) is 26.3. The van der Waals surface area contributed by atoms with Gasteiger partial charge in [0.2, 0.25) is 11.8 Å². The van der Waals surface area contributed by atoms with Gasteiger partial charge in [-0.3, -0.25) is 14.5 Å². The Bertz CT molecular complexity index is 1740. The number of anilines is 1. The van der Waals surface area contributed by atoms with Crippen molar-refractivity contribution >= 4 is 41.1 Å². The first-order valence-corrected chi connectivity index (χ1v) is 15.8. The Morgan fingerprint density at radius 1 is 1.00 bits per heavy atom.